The minimum absolute atomic E-state index is 0.358. The third-order valence-corrected chi connectivity index (χ3v) is 3.01. The van der Waals surface area contributed by atoms with Crippen LogP contribution in [-0.2, 0) is 0 Å². The van der Waals surface area contributed by atoms with Gasteiger partial charge in [0.25, 0.3) is 0 Å². The summed E-state index contributed by atoms with van der Waals surface area (Å²) in [7, 11) is 0. The highest BCUT2D eigenvalue weighted by molar-refractivity contribution is 8.06. The Labute approximate surface area is 89.9 Å². The molecule has 0 atom stereocenters. The summed E-state index contributed by atoms with van der Waals surface area (Å²) in [5.74, 6) is 0. The maximum Gasteiger partial charge on any atom is 0.138 e. The summed E-state index contributed by atoms with van der Waals surface area (Å²) in [4.78, 5) is 1.21. The molecule has 0 radical (unpaired) electrons. The van der Waals surface area contributed by atoms with Crippen LogP contribution in [0.3, 0.4) is 0 Å². The van der Waals surface area contributed by atoms with Gasteiger partial charge in [0, 0.05) is 4.90 Å². The number of rotatable bonds is 2. The molecule has 4 N–H and O–H groups in total. The molecule has 0 saturated heterocycles. The lowest BCUT2D eigenvalue weighted by atomic mass is 10.3. The van der Waals surface area contributed by atoms with Gasteiger partial charge in [0.05, 0.1) is 16.3 Å². The van der Waals surface area contributed by atoms with Crippen molar-refractivity contribution in [2.45, 2.75) is 9.79 Å². The number of hydrogen-bond donors (Lipinski definition) is 2. The number of nitriles is 2. The van der Waals surface area contributed by atoms with Gasteiger partial charge in [-0.1, -0.05) is 0 Å². The Morgan fingerprint density at radius 2 is 1.71 bits per heavy atom. The minimum Gasteiger partial charge on any atom is -0.397 e. The lowest BCUT2D eigenvalue weighted by molar-refractivity contribution is 1.27. The van der Waals surface area contributed by atoms with E-state index in [1.54, 1.807) is 12.1 Å². The molecule has 0 fully saturated rings. The van der Waals surface area contributed by atoms with Crippen LogP contribution in [0.1, 0.15) is 0 Å². The van der Waals surface area contributed by atoms with Crippen LogP contribution < -0.4 is 11.5 Å². The summed E-state index contributed by atoms with van der Waals surface area (Å²) in [6, 6.07) is 3.30. The van der Waals surface area contributed by atoms with Crippen LogP contribution in [0.15, 0.2) is 21.9 Å². The molecule has 0 aliphatic heterocycles. The van der Waals surface area contributed by atoms with E-state index in [4.69, 9.17) is 22.0 Å². The van der Waals surface area contributed by atoms with Crippen LogP contribution in [0.2, 0.25) is 0 Å². The van der Waals surface area contributed by atoms with Crippen molar-refractivity contribution >= 4 is 34.9 Å². The van der Waals surface area contributed by atoms with Crippen LogP contribution in [0.25, 0.3) is 0 Å². The first-order valence-electron chi connectivity index (χ1n) is 3.50. The first-order chi connectivity index (χ1) is 6.70. The zero-order valence-corrected chi connectivity index (χ0v) is 8.65. The molecule has 0 saturated carbocycles. The first-order valence-corrected chi connectivity index (χ1v) is 5.13. The molecule has 14 heavy (non-hydrogen) atoms. The highest BCUT2D eigenvalue weighted by atomic mass is 32.2. The van der Waals surface area contributed by atoms with Crippen LogP contribution in [0.5, 0.6) is 0 Å². The minimum atomic E-state index is 0.358. The Balaban J connectivity index is 3.25. The van der Waals surface area contributed by atoms with Gasteiger partial charge >= 0.3 is 0 Å². The van der Waals surface area contributed by atoms with Crippen LogP contribution in [0.4, 0.5) is 11.4 Å². The number of thiocyanates is 2. The van der Waals surface area contributed by atoms with Gasteiger partial charge in [-0.3, -0.25) is 0 Å². The van der Waals surface area contributed by atoms with E-state index in [1.165, 1.54) is 0 Å². The lowest BCUT2D eigenvalue weighted by Gasteiger charge is -2.07. The van der Waals surface area contributed by atoms with E-state index in [2.05, 4.69) is 0 Å². The molecule has 6 heteroatoms. The van der Waals surface area contributed by atoms with Gasteiger partial charge in [-0.15, -0.1) is 0 Å². The van der Waals surface area contributed by atoms with Crippen molar-refractivity contribution < 1.29 is 0 Å². The largest absolute Gasteiger partial charge is 0.397 e. The molecule has 0 aliphatic carbocycles. The SMILES string of the molecule is N#CSc1ccc(N)c(N)c1SC#N. The smallest absolute Gasteiger partial charge is 0.138 e. The Morgan fingerprint density at radius 3 is 2.29 bits per heavy atom. The lowest BCUT2D eigenvalue weighted by Crippen LogP contribution is -1.97. The first kappa shape index (κ1) is 10.6. The van der Waals surface area contributed by atoms with Crippen molar-refractivity contribution in [1.82, 2.24) is 0 Å². The monoisotopic (exact) mass is 222 g/mol. The summed E-state index contributed by atoms with van der Waals surface area (Å²) in [5, 5.41) is 20.9. The van der Waals surface area contributed by atoms with Crippen LogP contribution >= 0.6 is 23.5 Å². The summed E-state index contributed by atoms with van der Waals surface area (Å²) in [6.07, 6.45) is 0. The predicted octanol–water partition coefficient (Wildman–Crippen LogP) is 2.00. The fraction of sp³-hybridized carbons (Fsp3) is 0. The van der Waals surface area contributed by atoms with Crippen molar-refractivity contribution in [1.29, 1.82) is 10.5 Å². The summed E-state index contributed by atoms with van der Waals surface area (Å²) < 4.78 is 0. The van der Waals surface area contributed by atoms with E-state index >= 15 is 0 Å². The number of nitrogens with two attached hydrogens (primary N) is 2. The van der Waals surface area contributed by atoms with E-state index in [1.807, 2.05) is 10.8 Å². The number of nitrogen functional groups attached to an aromatic ring is 2. The molecule has 0 aliphatic rings. The van der Waals surface area contributed by atoms with Gasteiger partial charge in [-0.25, -0.2) is 0 Å². The fourth-order valence-electron chi connectivity index (χ4n) is 0.875. The van der Waals surface area contributed by atoms with Gasteiger partial charge in [0.15, 0.2) is 0 Å². The number of nitrogens with zero attached hydrogens (tertiary/aromatic N) is 2. The molecule has 4 nitrogen and oxygen atoms in total. The Bertz CT molecular complexity index is 430. The molecule has 0 spiro atoms. The fourth-order valence-corrected chi connectivity index (χ4v) is 2.05. The van der Waals surface area contributed by atoms with E-state index in [0.717, 1.165) is 23.5 Å². The van der Waals surface area contributed by atoms with E-state index in [-0.39, 0.29) is 0 Å². The molecule has 1 aromatic rings. The molecule has 0 amide bonds. The normalized spacial score (nSPS) is 9.00. The zero-order valence-electron chi connectivity index (χ0n) is 7.02. The van der Waals surface area contributed by atoms with Gasteiger partial charge < -0.3 is 11.5 Å². The second-order valence-corrected chi connectivity index (χ2v) is 3.90. The Morgan fingerprint density at radius 1 is 1.07 bits per heavy atom. The average Bonchev–Trinajstić information content (AvgIpc) is 2.18. The predicted molar refractivity (Wildman–Crippen MR) is 58.2 cm³/mol. The third kappa shape index (κ3) is 2.05. The quantitative estimate of drug-likeness (QED) is 0.451. The van der Waals surface area contributed by atoms with E-state index in [9.17, 15) is 0 Å². The van der Waals surface area contributed by atoms with Crippen molar-refractivity contribution in [3.05, 3.63) is 12.1 Å². The van der Waals surface area contributed by atoms with Crippen molar-refractivity contribution in [2.24, 2.45) is 0 Å². The maximum atomic E-state index is 8.55. The van der Waals surface area contributed by atoms with E-state index < -0.39 is 0 Å². The van der Waals surface area contributed by atoms with E-state index in [0.29, 0.717) is 21.2 Å². The third-order valence-electron chi connectivity index (χ3n) is 1.50. The number of benzene rings is 1. The van der Waals surface area contributed by atoms with Crippen LogP contribution in [0, 0.1) is 21.3 Å². The van der Waals surface area contributed by atoms with Gasteiger partial charge in [0.2, 0.25) is 0 Å². The average molecular weight is 222 g/mol. The molecule has 1 rings (SSSR count). The van der Waals surface area contributed by atoms with Gasteiger partial charge in [0.1, 0.15) is 10.8 Å². The van der Waals surface area contributed by atoms with Crippen molar-refractivity contribution in [3.63, 3.8) is 0 Å². The number of anilines is 2. The van der Waals surface area contributed by atoms with Crippen molar-refractivity contribution in [2.75, 3.05) is 11.5 Å². The molecular formula is C8H6N4S2. The molecule has 0 bridgehead atoms. The Hall–Kier alpha value is -1.50. The van der Waals surface area contributed by atoms with Gasteiger partial charge in [-0.2, -0.15) is 10.5 Å². The highest BCUT2D eigenvalue weighted by Crippen LogP contribution is 2.37. The molecular weight excluding hydrogens is 216 g/mol. The topological polar surface area (TPSA) is 99.6 Å². The maximum absolute atomic E-state index is 8.55. The molecule has 0 aromatic heterocycles. The Kier molecular flexibility index (Phi) is 3.52. The standard InChI is InChI=1S/C8H6N4S2/c9-3-13-6-2-1-5(11)7(12)8(6)14-4-10/h1-2H,11-12H2. The van der Waals surface area contributed by atoms with Gasteiger partial charge in [-0.05, 0) is 35.7 Å². The molecule has 1 aromatic carbocycles. The molecule has 0 unspecified atom stereocenters. The summed E-state index contributed by atoms with van der Waals surface area (Å²) in [5.41, 5.74) is 12.0. The van der Waals surface area contributed by atoms with Crippen LogP contribution in [-0.4, -0.2) is 0 Å². The number of hydrogen-bond acceptors (Lipinski definition) is 6. The second kappa shape index (κ2) is 4.66. The zero-order chi connectivity index (χ0) is 10.6. The highest BCUT2D eigenvalue weighted by Gasteiger charge is 2.10. The molecule has 70 valence electrons. The summed E-state index contributed by atoms with van der Waals surface area (Å²) in [6.45, 7) is 0. The molecule has 0 heterocycles. The number of thioether (sulfide) groups is 2. The second-order valence-electron chi connectivity index (χ2n) is 2.28. The summed E-state index contributed by atoms with van der Waals surface area (Å²) >= 11 is 1.87. The van der Waals surface area contributed by atoms with Crippen molar-refractivity contribution in [3.8, 4) is 10.8 Å².